The second kappa shape index (κ2) is 6.18. The number of aromatic nitrogens is 1. The second-order valence-corrected chi connectivity index (χ2v) is 5.13. The third-order valence-electron chi connectivity index (χ3n) is 2.60. The molecule has 0 spiro atoms. The molecule has 1 aromatic heterocycles. The summed E-state index contributed by atoms with van der Waals surface area (Å²) in [5, 5.41) is 6.43. The number of rotatable bonds is 6. The van der Waals surface area contributed by atoms with E-state index in [0.717, 1.165) is 23.9 Å². The first kappa shape index (κ1) is 13.4. The van der Waals surface area contributed by atoms with Crippen molar-refractivity contribution >= 4 is 16.5 Å². The molecule has 1 atom stereocenters. The fourth-order valence-corrected chi connectivity index (χ4v) is 2.16. The third-order valence-corrected chi connectivity index (χ3v) is 3.57. The van der Waals surface area contributed by atoms with Gasteiger partial charge in [0.2, 0.25) is 0 Å². The summed E-state index contributed by atoms with van der Waals surface area (Å²) in [6.07, 6.45) is 0. The van der Waals surface area contributed by atoms with E-state index in [4.69, 9.17) is 0 Å². The predicted molar refractivity (Wildman–Crippen MR) is 71.4 cm³/mol. The minimum absolute atomic E-state index is 0.326. The van der Waals surface area contributed by atoms with E-state index in [1.165, 1.54) is 0 Å². The Kier molecular flexibility index (Phi) is 5.18. The third kappa shape index (κ3) is 3.73. The smallest absolute Gasteiger partial charge is 0.185 e. The van der Waals surface area contributed by atoms with E-state index in [1.807, 2.05) is 7.05 Å². The molecule has 0 aromatic carbocycles. The normalized spacial score (nSPS) is 13.1. The van der Waals surface area contributed by atoms with Crippen LogP contribution in [0.1, 0.15) is 18.7 Å². The van der Waals surface area contributed by atoms with Crippen LogP contribution in [-0.4, -0.2) is 51.2 Å². The van der Waals surface area contributed by atoms with Crippen molar-refractivity contribution in [3.8, 4) is 0 Å². The molecule has 5 heteroatoms. The summed E-state index contributed by atoms with van der Waals surface area (Å²) in [6.45, 7) is 4.18. The van der Waals surface area contributed by atoms with Crippen LogP contribution >= 0.6 is 11.3 Å². The Bertz CT molecular complexity index is 311. The van der Waals surface area contributed by atoms with E-state index in [-0.39, 0.29) is 0 Å². The Morgan fingerprint density at radius 1 is 1.38 bits per heavy atom. The van der Waals surface area contributed by atoms with E-state index < -0.39 is 0 Å². The molecule has 0 aliphatic heterocycles. The lowest BCUT2D eigenvalue weighted by Gasteiger charge is -2.18. The van der Waals surface area contributed by atoms with Crippen molar-refractivity contribution in [2.45, 2.75) is 13.0 Å². The topological polar surface area (TPSA) is 31.4 Å². The Balaban J connectivity index is 2.56. The van der Waals surface area contributed by atoms with E-state index in [0.29, 0.717) is 6.04 Å². The van der Waals surface area contributed by atoms with Gasteiger partial charge in [0.25, 0.3) is 0 Å². The Morgan fingerprint density at radius 2 is 2.06 bits per heavy atom. The lowest BCUT2D eigenvalue weighted by molar-refractivity contribution is 0.416. The molecule has 0 saturated heterocycles. The van der Waals surface area contributed by atoms with Gasteiger partial charge in [-0.1, -0.05) is 0 Å². The molecule has 1 unspecified atom stereocenters. The van der Waals surface area contributed by atoms with Crippen LogP contribution in [0.2, 0.25) is 0 Å². The first-order chi connectivity index (χ1) is 7.54. The van der Waals surface area contributed by atoms with Crippen molar-refractivity contribution in [2.75, 3.05) is 46.2 Å². The highest BCUT2D eigenvalue weighted by Gasteiger charge is 2.10. The molecule has 0 aliphatic carbocycles. The number of hydrogen-bond acceptors (Lipinski definition) is 5. The van der Waals surface area contributed by atoms with E-state index in [1.54, 1.807) is 11.3 Å². The molecule has 4 nitrogen and oxygen atoms in total. The fourth-order valence-electron chi connectivity index (χ4n) is 1.24. The van der Waals surface area contributed by atoms with Gasteiger partial charge < -0.3 is 15.1 Å². The fraction of sp³-hybridized carbons (Fsp3) is 0.727. The van der Waals surface area contributed by atoms with E-state index in [9.17, 15) is 0 Å². The lowest BCUT2D eigenvalue weighted by atomic mass is 10.3. The zero-order valence-electron chi connectivity index (χ0n) is 10.8. The van der Waals surface area contributed by atoms with E-state index >= 15 is 0 Å². The molecule has 1 rings (SSSR count). The highest BCUT2D eigenvalue weighted by Crippen LogP contribution is 2.22. The molecule has 0 fully saturated rings. The summed E-state index contributed by atoms with van der Waals surface area (Å²) >= 11 is 1.71. The van der Waals surface area contributed by atoms with Gasteiger partial charge in [0.1, 0.15) is 0 Å². The SMILES string of the molecule is CNC(C)c1csc(N(C)CCN(C)C)n1. The van der Waals surface area contributed by atoms with Crippen LogP contribution in [0.25, 0.3) is 0 Å². The van der Waals surface area contributed by atoms with Crippen molar-refractivity contribution in [1.82, 2.24) is 15.2 Å². The number of anilines is 1. The zero-order valence-corrected chi connectivity index (χ0v) is 11.6. The molecular formula is C11H22N4S. The summed E-state index contributed by atoms with van der Waals surface area (Å²) in [5.41, 5.74) is 1.12. The largest absolute Gasteiger partial charge is 0.350 e. The van der Waals surface area contributed by atoms with Crippen LogP contribution < -0.4 is 10.2 Å². The predicted octanol–water partition coefficient (Wildman–Crippen LogP) is 1.42. The van der Waals surface area contributed by atoms with Crippen LogP contribution in [0.5, 0.6) is 0 Å². The number of hydrogen-bond donors (Lipinski definition) is 1. The van der Waals surface area contributed by atoms with Gasteiger partial charge in [0, 0.05) is 31.6 Å². The van der Waals surface area contributed by atoms with Crippen molar-refractivity contribution in [1.29, 1.82) is 0 Å². The first-order valence-electron chi connectivity index (χ1n) is 5.53. The molecule has 0 bridgehead atoms. The Labute approximate surface area is 102 Å². The Hall–Kier alpha value is -0.650. The van der Waals surface area contributed by atoms with E-state index in [2.05, 4.69) is 53.5 Å². The molecule has 1 heterocycles. The summed E-state index contributed by atoms with van der Waals surface area (Å²) < 4.78 is 0. The lowest BCUT2D eigenvalue weighted by Crippen LogP contribution is -2.28. The molecule has 16 heavy (non-hydrogen) atoms. The van der Waals surface area contributed by atoms with Crippen LogP contribution in [0.15, 0.2) is 5.38 Å². The van der Waals surface area contributed by atoms with Gasteiger partial charge in [0.15, 0.2) is 5.13 Å². The molecule has 1 aromatic rings. The summed E-state index contributed by atoms with van der Waals surface area (Å²) in [7, 11) is 8.23. The van der Waals surface area contributed by atoms with Gasteiger partial charge in [-0.05, 0) is 28.1 Å². The van der Waals surface area contributed by atoms with Gasteiger partial charge >= 0.3 is 0 Å². The van der Waals surface area contributed by atoms with Crippen LogP contribution in [-0.2, 0) is 0 Å². The van der Waals surface area contributed by atoms with Gasteiger partial charge in [-0.2, -0.15) is 0 Å². The second-order valence-electron chi connectivity index (χ2n) is 4.29. The van der Waals surface area contributed by atoms with Crippen molar-refractivity contribution < 1.29 is 0 Å². The molecular weight excluding hydrogens is 220 g/mol. The summed E-state index contributed by atoms with van der Waals surface area (Å²) in [6, 6.07) is 0.326. The molecule has 0 amide bonds. The Morgan fingerprint density at radius 3 is 2.62 bits per heavy atom. The van der Waals surface area contributed by atoms with Crippen molar-refractivity contribution in [3.63, 3.8) is 0 Å². The summed E-state index contributed by atoms with van der Waals surface area (Å²) in [4.78, 5) is 9.01. The molecule has 1 N–H and O–H groups in total. The van der Waals surface area contributed by atoms with Crippen LogP contribution in [0.3, 0.4) is 0 Å². The van der Waals surface area contributed by atoms with Gasteiger partial charge in [-0.3, -0.25) is 0 Å². The van der Waals surface area contributed by atoms with Crippen LogP contribution in [0.4, 0.5) is 5.13 Å². The van der Waals surface area contributed by atoms with Crippen molar-refractivity contribution in [2.24, 2.45) is 0 Å². The standard InChI is InChI=1S/C11H22N4S/c1-9(12-2)10-8-16-11(13-10)15(5)7-6-14(3)4/h8-9,12H,6-7H2,1-5H3. The average Bonchev–Trinajstić information content (AvgIpc) is 2.74. The first-order valence-corrected chi connectivity index (χ1v) is 6.41. The van der Waals surface area contributed by atoms with Gasteiger partial charge in [-0.25, -0.2) is 4.98 Å². The number of nitrogens with zero attached hydrogens (tertiary/aromatic N) is 3. The highest BCUT2D eigenvalue weighted by atomic mass is 32.1. The van der Waals surface area contributed by atoms with Gasteiger partial charge in [0.05, 0.1) is 5.69 Å². The highest BCUT2D eigenvalue weighted by molar-refractivity contribution is 7.13. The monoisotopic (exact) mass is 242 g/mol. The zero-order chi connectivity index (χ0) is 12.1. The minimum atomic E-state index is 0.326. The van der Waals surface area contributed by atoms with Gasteiger partial charge in [-0.15, -0.1) is 11.3 Å². The minimum Gasteiger partial charge on any atom is -0.350 e. The molecule has 92 valence electrons. The molecule has 0 aliphatic rings. The number of nitrogens with one attached hydrogen (secondary N) is 1. The number of likely N-dealkylation sites (N-methyl/N-ethyl adjacent to an activating group) is 2. The van der Waals surface area contributed by atoms with Crippen LogP contribution in [0, 0.1) is 0 Å². The van der Waals surface area contributed by atoms with Crippen molar-refractivity contribution in [3.05, 3.63) is 11.1 Å². The summed E-state index contributed by atoms with van der Waals surface area (Å²) in [5.74, 6) is 0. The maximum Gasteiger partial charge on any atom is 0.185 e. The number of thiazole rings is 1. The quantitative estimate of drug-likeness (QED) is 0.817. The molecule has 0 saturated carbocycles. The molecule has 0 radical (unpaired) electrons. The average molecular weight is 242 g/mol. The maximum absolute atomic E-state index is 4.62. The maximum atomic E-state index is 4.62.